The second-order valence-corrected chi connectivity index (χ2v) is 10.5. The summed E-state index contributed by atoms with van der Waals surface area (Å²) in [5.74, 6) is 2.00. The number of carbonyl (C=O) groups is 1. The maximum Gasteiger partial charge on any atom is 0.266 e. The van der Waals surface area contributed by atoms with Crippen molar-refractivity contribution in [2.75, 3.05) is 26.9 Å². The Labute approximate surface area is 211 Å². The van der Waals surface area contributed by atoms with Gasteiger partial charge in [-0.3, -0.25) is 9.69 Å². The van der Waals surface area contributed by atoms with Crippen molar-refractivity contribution in [3.8, 4) is 17.2 Å². The largest absolute Gasteiger partial charge is 0.493 e. The third-order valence-electron chi connectivity index (χ3n) is 5.21. The van der Waals surface area contributed by atoms with Crippen LogP contribution in [-0.2, 0) is 10.2 Å². The van der Waals surface area contributed by atoms with Crippen LogP contribution < -0.4 is 14.2 Å². The van der Waals surface area contributed by atoms with Gasteiger partial charge in [0.25, 0.3) is 5.91 Å². The molecule has 0 radical (unpaired) electrons. The van der Waals surface area contributed by atoms with E-state index >= 15 is 0 Å². The fourth-order valence-corrected chi connectivity index (χ4v) is 4.59. The molecule has 180 valence electrons. The van der Waals surface area contributed by atoms with Crippen LogP contribution in [0.4, 0.5) is 0 Å². The normalized spacial score (nSPS) is 15.1. The summed E-state index contributed by atoms with van der Waals surface area (Å²) in [6, 6.07) is 13.8. The van der Waals surface area contributed by atoms with E-state index in [4.69, 9.17) is 26.4 Å². The highest BCUT2D eigenvalue weighted by atomic mass is 32.2. The monoisotopic (exact) mass is 497 g/mol. The predicted octanol–water partition coefficient (Wildman–Crippen LogP) is 6.23. The predicted molar refractivity (Wildman–Crippen MR) is 144 cm³/mol. The van der Waals surface area contributed by atoms with Gasteiger partial charge >= 0.3 is 0 Å². The number of nitrogens with zero attached hydrogens (tertiary/aromatic N) is 1. The molecular weight excluding hydrogens is 466 g/mol. The highest BCUT2D eigenvalue weighted by Gasteiger charge is 2.31. The zero-order valence-electron chi connectivity index (χ0n) is 20.1. The first kappa shape index (κ1) is 25.8. The van der Waals surface area contributed by atoms with E-state index in [9.17, 15) is 4.79 Å². The van der Waals surface area contributed by atoms with E-state index in [2.05, 4.69) is 39.5 Å². The maximum absolute atomic E-state index is 12.5. The molecule has 2 aromatic carbocycles. The van der Waals surface area contributed by atoms with E-state index < -0.39 is 0 Å². The van der Waals surface area contributed by atoms with Crippen LogP contribution in [0.2, 0.25) is 0 Å². The number of rotatable bonds is 10. The number of methoxy groups -OCH3 is 1. The lowest BCUT2D eigenvalue weighted by molar-refractivity contribution is -0.121. The molecule has 0 N–H and O–H groups in total. The SMILES string of the molecule is C=CCN1C(=O)/C(=C\c2ccc(OCCCOc3ccc(C(C)(C)C)cc3)c(OC)c2)SC1=S. The first-order valence-electron chi connectivity index (χ1n) is 11.1. The number of hydrogen-bond donors (Lipinski definition) is 0. The molecule has 0 aliphatic carbocycles. The molecule has 1 aliphatic rings. The zero-order valence-corrected chi connectivity index (χ0v) is 21.8. The molecular formula is C27H31NO4S2. The summed E-state index contributed by atoms with van der Waals surface area (Å²) in [4.78, 5) is 14.6. The van der Waals surface area contributed by atoms with Crippen LogP contribution in [0, 0.1) is 0 Å². The molecule has 1 fully saturated rings. The molecule has 1 amide bonds. The van der Waals surface area contributed by atoms with Gasteiger partial charge in [-0.1, -0.05) is 69.0 Å². The number of thioether (sulfide) groups is 1. The summed E-state index contributed by atoms with van der Waals surface area (Å²) in [5, 5.41) is 0. The summed E-state index contributed by atoms with van der Waals surface area (Å²) >= 11 is 6.58. The fourth-order valence-electron chi connectivity index (χ4n) is 3.31. The van der Waals surface area contributed by atoms with Crippen LogP contribution in [-0.4, -0.2) is 42.0 Å². The summed E-state index contributed by atoms with van der Waals surface area (Å²) < 4.78 is 17.8. The number of carbonyl (C=O) groups excluding carboxylic acids is 1. The minimum Gasteiger partial charge on any atom is -0.493 e. The van der Waals surface area contributed by atoms with Crippen molar-refractivity contribution in [2.45, 2.75) is 32.6 Å². The van der Waals surface area contributed by atoms with Crippen molar-refractivity contribution in [3.63, 3.8) is 0 Å². The van der Waals surface area contributed by atoms with Crippen molar-refractivity contribution in [3.05, 3.63) is 71.2 Å². The van der Waals surface area contributed by atoms with E-state index in [1.807, 2.05) is 36.4 Å². The third kappa shape index (κ3) is 6.64. The van der Waals surface area contributed by atoms with Crippen molar-refractivity contribution in [2.24, 2.45) is 0 Å². The van der Waals surface area contributed by atoms with Gasteiger partial charge in [-0.25, -0.2) is 0 Å². The Morgan fingerprint density at radius 1 is 1.06 bits per heavy atom. The maximum atomic E-state index is 12.5. The Hall–Kier alpha value is -2.77. The minimum atomic E-state index is -0.109. The molecule has 1 heterocycles. The molecule has 5 nitrogen and oxygen atoms in total. The van der Waals surface area contributed by atoms with Crippen molar-refractivity contribution < 1.29 is 19.0 Å². The summed E-state index contributed by atoms with van der Waals surface area (Å²) in [5.41, 5.74) is 2.24. The molecule has 0 atom stereocenters. The van der Waals surface area contributed by atoms with Crippen molar-refractivity contribution in [1.82, 2.24) is 4.90 Å². The van der Waals surface area contributed by atoms with Crippen molar-refractivity contribution in [1.29, 1.82) is 0 Å². The van der Waals surface area contributed by atoms with E-state index in [1.165, 1.54) is 22.2 Å². The molecule has 34 heavy (non-hydrogen) atoms. The Kier molecular flexibility index (Phi) is 8.80. The number of benzene rings is 2. The van der Waals surface area contributed by atoms with Crippen LogP contribution in [0.15, 0.2) is 60.0 Å². The number of amides is 1. The van der Waals surface area contributed by atoms with Gasteiger partial charge in [-0.2, -0.15) is 0 Å². The van der Waals surface area contributed by atoms with E-state index in [-0.39, 0.29) is 11.3 Å². The minimum absolute atomic E-state index is 0.109. The fraction of sp³-hybridized carbons (Fsp3) is 0.333. The van der Waals surface area contributed by atoms with Crippen LogP contribution in [0.1, 0.15) is 38.3 Å². The molecule has 0 aromatic heterocycles. The van der Waals surface area contributed by atoms with Crippen LogP contribution in [0.25, 0.3) is 6.08 Å². The molecule has 0 bridgehead atoms. The van der Waals surface area contributed by atoms with E-state index in [1.54, 1.807) is 13.2 Å². The van der Waals surface area contributed by atoms with Gasteiger partial charge in [0.2, 0.25) is 0 Å². The van der Waals surface area contributed by atoms with Gasteiger partial charge in [0.15, 0.2) is 11.5 Å². The van der Waals surface area contributed by atoms with Crippen LogP contribution >= 0.6 is 24.0 Å². The quantitative estimate of drug-likeness (QED) is 0.168. The van der Waals surface area contributed by atoms with Gasteiger partial charge in [0.1, 0.15) is 10.1 Å². The first-order valence-corrected chi connectivity index (χ1v) is 12.4. The number of hydrogen-bond acceptors (Lipinski definition) is 6. The smallest absolute Gasteiger partial charge is 0.266 e. The average molecular weight is 498 g/mol. The molecule has 3 rings (SSSR count). The topological polar surface area (TPSA) is 48.0 Å². The zero-order chi connectivity index (χ0) is 24.7. The number of ether oxygens (including phenoxy) is 3. The molecule has 2 aromatic rings. The molecule has 1 aliphatic heterocycles. The lowest BCUT2D eigenvalue weighted by atomic mass is 9.87. The van der Waals surface area contributed by atoms with E-state index in [0.717, 1.165) is 17.7 Å². The lowest BCUT2D eigenvalue weighted by Crippen LogP contribution is -2.27. The summed E-state index contributed by atoms with van der Waals surface area (Å²) in [6.07, 6.45) is 4.21. The van der Waals surface area contributed by atoms with Crippen LogP contribution in [0.5, 0.6) is 17.2 Å². The highest BCUT2D eigenvalue weighted by molar-refractivity contribution is 8.26. The number of thiocarbonyl (C=S) groups is 1. The van der Waals surface area contributed by atoms with E-state index in [0.29, 0.717) is 40.5 Å². The van der Waals surface area contributed by atoms with Gasteiger partial charge in [-0.05, 0) is 46.9 Å². The van der Waals surface area contributed by atoms with Crippen LogP contribution in [0.3, 0.4) is 0 Å². The third-order valence-corrected chi connectivity index (χ3v) is 6.58. The molecule has 7 heteroatoms. The molecule has 0 saturated carbocycles. The van der Waals surface area contributed by atoms with Gasteiger partial charge in [0, 0.05) is 13.0 Å². The van der Waals surface area contributed by atoms with Crippen molar-refractivity contribution >= 4 is 40.3 Å². The Bertz CT molecular complexity index is 1070. The Morgan fingerprint density at radius 2 is 1.76 bits per heavy atom. The second kappa shape index (κ2) is 11.6. The standard InChI is InChI=1S/C27H31NO4S2/c1-6-14-28-25(29)24(34-26(28)33)18-19-8-13-22(23(17-19)30-5)32-16-7-15-31-21-11-9-20(10-12-21)27(2,3)4/h6,8-13,17-18H,1,7,14-16H2,2-5H3/b24-18+. The highest BCUT2D eigenvalue weighted by Crippen LogP contribution is 2.34. The van der Waals surface area contributed by atoms with Gasteiger partial charge in [-0.15, -0.1) is 6.58 Å². The Balaban J connectivity index is 1.53. The summed E-state index contributed by atoms with van der Waals surface area (Å²) in [7, 11) is 1.60. The van der Waals surface area contributed by atoms with Gasteiger partial charge < -0.3 is 14.2 Å². The molecule has 1 saturated heterocycles. The molecule has 0 spiro atoms. The Morgan fingerprint density at radius 3 is 2.41 bits per heavy atom. The molecule has 0 unspecified atom stereocenters. The summed E-state index contributed by atoms with van der Waals surface area (Å²) in [6.45, 7) is 11.7. The average Bonchev–Trinajstić information content (AvgIpc) is 3.07. The van der Waals surface area contributed by atoms with Gasteiger partial charge in [0.05, 0.1) is 25.2 Å². The first-order chi connectivity index (χ1) is 16.2. The lowest BCUT2D eigenvalue weighted by Gasteiger charge is -2.19. The second-order valence-electron chi connectivity index (χ2n) is 8.82.